The molecule has 0 aromatic rings. The molecule has 0 aliphatic carbocycles. The highest BCUT2D eigenvalue weighted by Gasteiger charge is 2.11. The molecule has 0 bridgehead atoms. The first kappa shape index (κ1) is 5.06. The number of hydrogen-bond acceptors (Lipinski definition) is 2. The molecule has 0 aromatic carbocycles. The van der Waals surface area contributed by atoms with Crippen molar-refractivity contribution in [2.45, 2.75) is 12.5 Å². The Bertz CT molecular complexity index is 54.4. The lowest BCUT2D eigenvalue weighted by molar-refractivity contribution is 0.191. The third-order valence-corrected chi connectivity index (χ3v) is 1.34. The minimum atomic E-state index is 0. The second-order valence-corrected chi connectivity index (χ2v) is 1.85. The standard InChI is InChI=1S/C5H11NO.H2/c1-6-5-2-3-7-4-5;/h5-6H,2-4H2,1H3;1H. The van der Waals surface area contributed by atoms with Crippen molar-refractivity contribution >= 4 is 0 Å². The van der Waals surface area contributed by atoms with Crippen LogP contribution in [0, 0.1) is 0 Å². The van der Waals surface area contributed by atoms with E-state index in [1.807, 2.05) is 7.05 Å². The average molecular weight is 103 g/mol. The van der Waals surface area contributed by atoms with E-state index in [1.165, 1.54) is 6.42 Å². The highest BCUT2D eigenvalue weighted by atomic mass is 16.5. The largest absolute Gasteiger partial charge is 0.380 e. The Morgan fingerprint density at radius 2 is 2.71 bits per heavy atom. The molecule has 0 saturated carbocycles. The van der Waals surface area contributed by atoms with Gasteiger partial charge in [0.05, 0.1) is 6.61 Å². The summed E-state index contributed by atoms with van der Waals surface area (Å²) in [4.78, 5) is 0. The van der Waals surface area contributed by atoms with Crippen LogP contribution in [0.4, 0.5) is 0 Å². The van der Waals surface area contributed by atoms with Gasteiger partial charge >= 0.3 is 0 Å². The van der Waals surface area contributed by atoms with Crippen LogP contribution >= 0.6 is 0 Å². The molecule has 1 rings (SSSR count). The summed E-state index contributed by atoms with van der Waals surface area (Å²) < 4.78 is 5.09. The fourth-order valence-corrected chi connectivity index (χ4v) is 0.762. The number of ether oxygens (including phenoxy) is 1. The average Bonchev–Trinajstić information content (AvgIpc) is 2.14. The summed E-state index contributed by atoms with van der Waals surface area (Å²) in [7, 11) is 1.97. The predicted octanol–water partition coefficient (Wildman–Crippen LogP) is 0.241. The smallest absolute Gasteiger partial charge is 0.0620 e. The van der Waals surface area contributed by atoms with Crippen molar-refractivity contribution in [3.8, 4) is 0 Å². The van der Waals surface area contributed by atoms with Gasteiger partial charge in [-0.25, -0.2) is 0 Å². The van der Waals surface area contributed by atoms with Gasteiger partial charge in [-0.2, -0.15) is 0 Å². The minimum absolute atomic E-state index is 0. The van der Waals surface area contributed by atoms with Crippen LogP contribution in [0.5, 0.6) is 0 Å². The van der Waals surface area contributed by atoms with E-state index in [9.17, 15) is 0 Å². The first-order valence-electron chi connectivity index (χ1n) is 2.68. The Kier molecular flexibility index (Phi) is 1.65. The van der Waals surface area contributed by atoms with Crippen LogP contribution in [0.2, 0.25) is 0 Å². The van der Waals surface area contributed by atoms with Crippen molar-refractivity contribution in [1.29, 1.82) is 0 Å². The Morgan fingerprint density at radius 3 is 3.00 bits per heavy atom. The molecule has 0 amide bonds. The SMILES string of the molecule is CNC1CCOC1.[HH]. The van der Waals surface area contributed by atoms with Crippen molar-refractivity contribution in [3.05, 3.63) is 0 Å². The van der Waals surface area contributed by atoms with Crippen LogP contribution < -0.4 is 5.32 Å². The topological polar surface area (TPSA) is 21.3 Å². The summed E-state index contributed by atoms with van der Waals surface area (Å²) in [5, 5.41) is 3.14. The van der Waals surface area contributed by atoms with Crippen LogP contribution in [0.3, 0.4) is 0 Å². The van der Waals surface area contributed by atoms with Crippen LogP contribution in [-0.4, -0.2) is 26.3 Å². The molecule has 7 heavy (non-hydrogen) atoms. The lowest BCUT2D eigenvalue weighted by Crippen LogP contribution is -2.24. The van der Waals surface area contributed by atoms with Crippen molar-refractivity contribution in [3.63, 3.8) is 0 Å². The molecule has 1 aliphatic rings. The molecule has 2 heteroatoms. The summed E-state index contributed by atoms with van der Waals surface area (Å²) in [6.45, 7) is 1.84. The van der Waals surface area contributed by atoms with E-state index in [2.05, 4.69) is 5.32 Å². The van der Waals surface area contributed by atoms with Gasteiger partial charge in [0.2, 0.25) is 0 Å². The van der Waals surface area contributed by atoms with Gasteiger partial charge in [0, 0.05) is 14.1 Å². The lowest BCUT2D eigenvalue weighted by atomic mass is 10.3. The second kappa shape index (κ2) is 2.28. The Morgan fingerprint density at radius 1 is 1.86 bits per heavy atom. The fourth-order valence-electron chi connectivity index (χ4n) is 0.762. The van der Waals surface area contributed by atoms with Crippen molar-refractivity contribution in [1.82, 2.24) is 5.32 Å². The molecule has 1 unspecified atom stereocenters. The summed E-state index contributed by atoms with van der Waals surface area (Å²) >= 11 is 0. The Hall–Kier alpha value is -0.0800. The van der Waals surface area contributed by atoms with Gasteiger partial charge in [0.15, 0.2) is 0 Å². The van der Waals surface area contributed by atoms with Crippen molar-refractivity contribution < 1.29 is 6.16 Å². The van der Waals surface area contributed by atoms with Gasteiger partial charge in [0.25, 0.3) is 0 Å². The van der Waals surface area contributed by atoms with E-state index in [1.54, 1.807) is 0 Å². The third kappa shape index (κ3) is 1.14. The quantitative estimate of drug-likeness (QED) is 0.513. The molecular weight excluding hydrogens is 90.1 g/mol. The zero-order valence-electron chi connectivity index (χ0n) is 4.61. The highest BCUT2D eigenvalue weighted by Crippen LogP contribution is 2.00. The summed E-state index contributed by atoms with van der Waals surface area (Å²) in [5.74, 6) is 0. The predicted molar refractivity (Wildman–Crippen MR) is 30.4 cm³/mol. The zero-order valence-corrected chi connectivity index (χ0v) is 4.61. The molecule has 1 atom stereocenters. The molecule has 1 saturated heterocycles. The van der Waals surface area contributed by atoms with Gasteiger partial charge in [-0.1, -0.05) is 0 Å². The van der Waals surface area contributed by atoms with Crippen molar-refractivity contribution in [2.24, 2.45) is 0 Å². The molecular formula is C5H13NO. The minimum Gasteiger partial charge on any atom is -0.380 e. The molecule has 0 spiro atoms. The van der Waals surface area contributed by atoms with Crippen LogP contribution in [0.1, 0.15) is 7.85 Å². The monoisotopic (exact) mass is 103 g/mol. The van der Waals surface area contributed by atoms with Crippen LogP contribution in [0.25, 0.3) is 0 Å². The molecule has 1 N–H and O–H groups in total. The van der Waals surface area contributed by atoms with Gasteiger partial charge in [0.1, 0.15) is 0 Å². The molecule has 1 heterocycles. The van der Waals surface area contributed by atoms with E-state index in [0.717, 1.165) is 13.2 Å². The first-order chi connectivity index (χ1) is 3.43. The van der Waals surface area contributed by atoms with Gasteiger partial charge < -0.3 is 10.1 Å². The Labute approximate surface area is 45.3 Å². The molecule has 1 aliphatic heterocycles. The van der Waals surface area contributed by atoms with Gasteiger partial charge in [-0.05, 0) is 13.5 Å². The Balaban J connectivity index is 0.000000490. The molecule has 44 valence electrons. The van der Waals surface area contributed by atoms with E-state index in [-0.39, 0.29) is 1.43 Å². The fraction of sp³-hybridized carbons (Fsp3) is 1.00. The number of likely N-dealkylation sites (N-methyl/N-ethyl adjacent to an activating group) is 1. The first-order valence-corrected chi connectivity index (χ1v) is 2.68. The maximum atomic E-state index is 5.09. The summed E-state index contributed by atoms with van der Waals surface area (Å²) in [6.07, 6.45) is 1.18. The van der Waals surface area contributed by atoms with E-state index in [4.69, 9.17) is 4.74 Å². The summed E-state index contributed by atoms with van der Waals surface area (Å²) in [6, 6.07) is 0.625. The maximum absolute atomic E-state index is 5.09. The summed E-state index contributed by atoms with van der Waals surface area (Å²) in [5.41, 5.74) is 0. The molecule has 0 aromatic heterocycles. The van der Waals surface area contributed by atoms with Crippen molar-refractivity contribution in [2.75, 3.05) is 20.3 Å². The lowest BCUT2D eigenvalue weighted by Gasteiger charge is -2.01. The highest BCUT2D eigenvalue weighted by molar-refractivity contribution is 4.67. The van der Waals surface area contributed by atoms with E-state index >= 15 is 0 Å². The number of hydrogen-bond donors (Lipinski definition) is 1. The van der Waals surface area contributed by atoms with E-state index < -0.39 is 0 Å². The molecule has 1 fully saturated rings. The third-order valence-electron chi connectivity index (χ3n) is 1.34. The van der Waals surface area contributed by atoms with Crippen LogP contribution in [0.15, 0.2) is 0 Å². The van der Waals surface area contributed by atoms with E-state index in [0.29, 0.717) is 6.04 Å². The molecule has 2 nitrogen and oxygen atoms in total. The normalized spacial score (nSPS) is 31.3. The molecule has 0 radical (unpaired) electrons. The number of rotatable bonds is 1. The van der Waals surface area contributed by atoms with Crippen LogP contribution in [-0.2, 0) is 4.74 Å². The maximum Gasteiger partial charge on any atom is 0.0620 e. The van der Waals surface area contributed by atoms with Gasteiger partial charge in [-0.3, -0.25) is 0 Å². The van der Waals surface area contributed by atoms with Gasteiger partial charge in [-0.15, -0.1) is 0 Å². The number of nitrogens with one attached hydrogen (secondary N) is 1. The zero-order chi connectivity index (χ0) is 5.11. The second-order valence-electron chi connectivity index (χ2n) is 1.85.